The minimum Gasteiger partial charge on any atom is -0.496 e. The van der Waals surface area contributed by atoms with Gasteiger partial charge in [0, 0.05) is 22.0 Å². The minimum atomic E-state index is 0.249. The van der Waals surface area contributed by atoms with Crippen molar-refractivity contribution in [2.24, 2.45) is 5.10 Å². The van der Waals surface area contributed by atoms with Crippen LogP contribution in [0, 0.1) is 20.8 Å². The first kappa shape index (κ1) is 22.2. The van der Waals surface area contributed by atoms with Crippen LogP contribution in [-0.4, -0.2) is 38.1 Å². The Bertz CT molecular complexity index is 1300. The zero-order valence-corrected chi connectivity index (χ0v) is 19.4. The van der Waals surface area contributed by atoms with E-state index in [1.807, 2.05) is 51.1 Å². The summed E-state index contributed by atoms with van der Waals surface area (Å²) in [5, 5.41) is 12.5. The Morgan fingerprint density at radius 1 is 0.970 bits per heavy atom. The number of aryl methyl sites for hydroxylation is 3. The number of hydrogen-bond donors (Lipinski definition) is 2. The van der Waals surface area contributed by atoms with Crippen LogP contribution in [0.1, 0.15) is 22.5 Å². The van der Waals surface area contributed by atoms with Crippen molar-refractivity contribution in [2.45, 2.75) is 20.8 Å². The number of halogens is 1. The predicted molar refractivity (Wildman–Crippen MR) is 130 cm³/mol. The summed E-state index contributed by atoms with van der Waals surface area (Å²) in [6.07, 6.45) is 1.59. The molecule has 0 spiro atoms. The quantitative estimate of drug-likeness (QED) is 0.299. The van der Waals surface area contributed by atoms with E-state index in [9.17, 15) is 0 Å². The second-order valence-electron chi connectivity index (χ2n) is 7.37. The summed E-state index contributed by atoms with van der Waals surface area (Å²) in [5.41, 5.74) is 7.35. The standard InChI is InChI=1S/C23H23ClN8O/c1-14-5-8-19(9-6-14)26-21-27-22(29-23(28-21)32-16(3)11-15(2)31-32)30-25-13-17-12-18(24)7-10-20(17)33-4/h5-13H,1-4H3,(H2,26,27,28,29,30). The van der Waals surface area contributed by atoms with E-state index >= 15 is 0 Å². The molecule has 0 aliphatic heterocycles. The highest BCUT2D eigenvalue weighted by Gasteiger charge is 2.12. The van der Waals surface area contributed by atoms with E-state index in [0.29, 0.717) is 28.2 Å². The molecule has 0 saturated carbocycles. The van der Waals surface area contributed by atoms with Crippen molar-refractivity contribution in [3.63, 3.8) is 0 Å². The van der Waals surface area contributed by atoms with Gasteiger partial charge in [-0.1, -0.05) is 29.3 Å². The van der Waals surface area contributed by atoms with Gasteiger partial charge < -0.3 is 10.1 Å². The second-order valence-corrected chi connectivity index (χ2v) is 7.81. The van der Waals surface area contributed by atoms with Crippen LogP contribution in [0.2, 0.25) is 5.02 Å². The highest BCUT2D eigenvalue weighted by atomic mass is 35.5. The Hall–Kier alpha value is -3.98. The molecule has 0 fully saturated rings. The van der Waals surface area contributed by atoms with Crippen molar-refractivity contribution >= 4 is 35.4 Å². The molecule has 4 rings (SSSR count). The van der Waals surface area contributed by atoms with Crippen LogP contribution in [-0.2, 0) is 0 Å². The summed E-state index contributed by atoms with van der Waals surface area (Å²) in [5.74, 6) is 1.61. The van der Waals surface area contributed by atoms with Gasteiger partial charge in [0.25, 0.3) is 5.95 Å². The lowest BCUT2D eigenvalue weighted by Crippen LogP contribution is -2.11. The van der Waals surface area contributed by atoms with Crippen molar-refractivity contribution in [3.8, 4) is 11.7 Å². The van der Waals surface area contributed by atoms with Crippen LogP contribution < -0.4 is 15.5 Å². The number of ether oxygens (including phenoxy) is 1. The number of aromatic nitrogens is 5. The van der Waals surface area contributed by atoms with Crippen molar-refractivity contribution in [1.82, 2.24) is 24.7 Å². The van der Waals surface area contributed by atoms with Gasteiger partial charge in [-0.25, -0.2) is 10.1 Å². The Labute approximate surface area is 196 Å². The molecular formula is C23H23ClN8O. The highest BCUT2D eigenvalue weighted by molar-refractivity contribution is 6.30. The van der Waals surface area contributed by atoms with E-state index in [0.717, 1.165) is 22.6 Å². The van der Waals surface area contributed by atoms with Crippen LogP contribution >= 0.6 is 11.6 Å². The number of nitrogens with one attached hydrogen (secondary N) is 2. The lowest BCUT2D eigenvalue weighted by atomic mass is 10.2. The van der Waals surface area contributed by atoms with Crippen LogP contribution in [0.15, 0.2) is 53.6 Å². The Morgan fingerprint density at radius 2 is 1.73 bits per heavy atom. The monoisotopic (exact) mass is 462 g/mol. The van der Waals surface area contributed by atoms with Gasteiger partial charge in [0.15, 0.2) is 0 Å². The topological polar surface area (TPSA) is 102 Å². The number of hydrazone groups is 1. The maximum absolute atomic E-state index is 6.09. The number of benzene rings is 2. The number of anilines is 3. The molecule has 2 aromatic heterocycles. The van der Waals surface area contributed by atoms with Gasteiger partial charge >= 0.3 is 0 Å². The van der Waals surface area contributed by atoms with Crippen molar-refractivity contribution in [1.29, 1.82) is 0 Å². The van der Waals surface area contributed by atoms with Gasteiger partial charge in [-0.05, 0) is 57.2 Å². The van der Waals surface area contributed by atoms with Gasteiger partial charge in [-0.3, -0.25) is 0 Å². The number of nitrogens with zero attached hydrogens (tertiary/aromatic N) is 6. The fourth-order valence-electron chi connectivity index (χ4n) is 3.13. The fraction of sp³-hybridized carbons (Fsp3) is 0.174. The lowest BCUT2D eigenvalue weighted by Gasteiger charge is -2.10. The average molecular weight is 463 g/mol. The van der Waals surface area contributed by atoms with Crippen molar-refractivity contribution < 1.29 is 4.74 Å². The van der Waals surface area contributed by atoms with Crippen LogP contribution in [0.25, 0.3) is 5.95 Å². The normalized spacial score (nSPS) is 11.1. The first-order valence-corrected chi connectivity index (χ1v) is 10.5. The molecule has 2 aromatic carbocycles. The molecule has 10 heteroatoms. The number of hydrogen-bond acceptors (Lipinski definition) is 8. The summed E-state index contributed by atoms with van der Waals surface area (Å²) in [6, 6.07) is 15.2. The van der Waals surface area contributed by atoms with Crippen molar-refractivity contribution in [2.75, 3.05) is 17.9 Å². The van der Waals surface area contributed by atoms with Crippen LogP contribution in [0.3, 0.4) is 0 Å². The molecule has 0 aliphatic carbocycles. The smallest absolute Gasteiger partial charge is 0.257 e. The van der Waals surface area contributed by atoms with Gasteiger partial charge in [0.05, 0.1) is 19.0 Å². The van der Waals surface area contributed by atoms with E-state index in [1.54, 1.807) is 36.2 Å². The SMILES string of the molecule is COc1ccc(Cl)cc1C=NNc1nc(Nc2ccc(C)cc2)nc(-n2nc(C)cc2C)n1. The molecule has 33 heavy (non-hydrogen) atoms. The lowest BCUT2D eigenvalue weighted by molar-refractivity contribution is 0.414. The zero-order chi connectivity index (χ0) is 23.4. The van der Waals surface area contributed by atoms with Gasteiger partial charge in [0.2, 0.25) is 11.9 Å². The molecular weight excluding hydrogens is 440 g/mol. The molecule has 4 aromatic rings. The molecule has 2 N–H and O–H groups in total. The Balaban J connectivity index is 1.66. The summed E-state index contributed by atoms with van der Waals surface area (Å²) < 4.78 is 7.01. The summed E-state index contributed by atoms with van der Waals surface area (Å²) in [7, 11) is 1.59. The second kappa shape index (κ2) is 9.66. The number of methoxy groups -OCH3 is 1. The number of rotatable bonds is 7. The fourth-order valence-corrected chi connectivity index (χ4v) is 3.31. The van der Waals surface area contributed by atoms with E-state index in [2.05, 4.69) is 35.9 Å². The molecule has 9 nitrogen and oxygen atoms in total. The third kappa shape index (κ3) is 5.45. The summed E-state index contributed by atoms with van der Waals surface area (Å²) >= 11 is 6.09. The van der Waals surface area contributed by atoms with E-state index in [1.165, 1.54) is 0 Å². The van der Waals surface area contributed by atoms with Gasteiger partial charge in [-0.2, -0.15) is 25.2 Å². The predicted octanol–water partition coefficient (Wildman–Crippen LogP) is 4.83. The van der Waals surface area contributed by atoms with Crippen LogP contribution in [0.4, 0.5) is 17.6 Å². The van der Waals surface area contributed by atoms with Gasteiger partial charge in [0.1, 0.15) is 5.75 Å². The van der Waals surface area contributed by atoms with Gasteiger partial charge in [-0.15, -0.1) is 0 Å². The molecule has 168 valence electrons. The minimum absolute atomic E-state index is 0.249. The molecule has 0 amide bonds. The van der Waals surface area contributed by atoms with Crippen molar-refractivity contribution in [3.05, 3.63) is 76.1 Å². The molecule has 0 saturated heterocycles. The Kier molecular flexibility index (Phi) is 6.50. The maximum atomic E-state index is 6.09. The van der Waals surface area contributed by atoms with Crippen LogP contribution in [0.5, 0.6) is 5.75 Å². The molecule has 0 atom stereocenters. The van der Waals surface area contributed by atoms with E-state index < -0.39 is 0 Å². The highest BCUT2D eigenvalue weighted by Crippen LogP contribution is 2.21. The largest absolute Gasteiger partial charge is 0.496 e. The molecule has 0 radical (unpaired) electrons. The third-order valence-electron chi connectivity index (χ3n) is 4.69. The Morgan fingerprint density at radius 3 is 2.42 bits per heavy atom. The van der Waals surface area contributed by atoms with E-state index in [4.69, 9.17) is 16.3 Å². The average Bonchev–Trinajstić information content (AvgIpc) is 3.13. The first-order chi connectivity index (χ1) is 15.9. The molecule has 0 bridgehead atoms. The first-order valence-electron chi connectivity index (χ1n) is 10.2. The molecule has 0 unspecified atom stereocenters. The summed E-state index contributed by atoms with van der Waals surface area (Å²) in [4.78, 5) is 13.5. The maximum Gasteiger partial charge on any atom is 0.257 e. The molecule has 0 aliphatic rings. The zero-order valence-electron chi connectivity index (χ0n) is 18.7. The van der Waals surface area contributed by atoms with E-state index in [-0.39, 0.29) is 5.95 Å². The third-order valence-corrected chi connectivity index (χ3v) is 4.93. The molecule has 2 heterocycles. The summed E-state index contributed by atoms with van der Waals surface area (Å²) in [6.45, 7) is 5.88.